The number of benzene rings is 1. The molecule has 5 rings (SSSR count). The van der Waals surface area contributed by atoms with Crippen LogP contribution >= 0.6 is 0 Å². The van der Waals surface area contributed by atoms with Crippen LogP contribution in [0.15, 0.2) is 61.1 Å². The van der Waals surface area contributed by atoms with Crippen LogP contribution in [0.25, 0.3) is 22.3 Å². The van der Waals surface area contributed by atoms with Crippen LogP contribution in [0.5, 0.6) is 5.75 Å². The number of nitrogens with zero attached hydrogens (tertiary/aromatic N) is 5. The third-order valence-electron chi connectivity index (χ3n) is 5.87. The van der Waals surface area contributed by atoms with E-state index in [9.17, 15) is 5.11 Å². The predicted molar refractivity (Wildman–Crippen MR) is 133 cm³/mol. The second-order valence-corrected chi connectivity index (χ2v) is 8.14. The van der Waals surface area contributed by atoms with Crippen molar-refractivity contribution in [3.05, 3.63) is 61.1 Å². The van der Waals surface area contributed by atoms with E-state index in [1.165, 1.54) is 0 Å². The molecule has 0 amide bonds. The second-order valence-electron chi connectivity index (χ2n) is 8.14. The highest BCUT2D eigenvalue weighted by molar-refractivity contribution is 5.95. The number of aliphatic hydroxyl groups excluding tert-OH is 1. The van der Waals surface area contributed by atoms with Gasteiger partial charge < -0.3 is 25.4 Å². The number of anilines is 3. The van der Waals surface area contributed by atoms with Gasteiger partial charge in [-0.25, -0.2) is 15.0 Å². The summed E-state index contributed by atoms with van der Waals surface area (Å²) in [4.78, 5) is 20.8. The first kappa shape index (κ1) is 22.0. The maximum absolute atomic E-state index is 9.43. The smallest absolute Gasteiger partial charge is 0.162 e. The minimum atomic E-state index is 0.142. The molecular formula is C25H27N7O2. The molecule has 0 aliphatic carbocycles. The van der Waals surface area contributed by atoms with Gasteiger partial charge in [0.25, 0.3) is 0 Å². The number of methoxy groups -OCH3 is 1. The first-order chi connectivity index (χ1) is 16.7. The minimum Gasteiger partial charge on any atom is -0.494 e. The molecule has 3 N–H and O–H groups in total. The summed E-state index contributed by atoms with van der Waals surface area (Å²) in [7, 11) is 1.63. The zero-order valence-electron chi connectivity index (χ0n) is 19.0. The molecule has 4 heterocycles. The van der Waals surface area contributed by atoms with Crippen LogP contribution in [-0.2, 0) is 0 Å². The summed E-state index contributed by atoms with van der Waals surface area (Å²) in [5.74, 6) is 2.74. The summed E-state index contributed by atoms with van der Waals surface area (Å²) in [5.41, 5.74) is 2.52. The molecule has 0 saturated carbocycles. The van der Waals surface area contributed by atoms with E-state index in [0.717, 1.165) is 42.1 Å². The van der Waals surface area contributed by atoms with E-state index in [1.54, 1.807) is 25.7 Å². The lowest BCUT2D eigenvalue weighted by Crippen LogP contribution is -2.51. The van der Waals surface area contributed by atoms with Crippen LogP contribution in [0.4, 0.5) is 17.3 Å². The van der Waals surface area contributed by atoms with E-state index in [4.69, 9.17) is 14.7 Å². The SMILES string of the molecule is COc1cncc2nc(-c3ccnc(Nc4ccccc4)c3)nc(N3CCN[C@@H](CCO)C3)c12. The molecule has 1 aliphatic rings. The number of piperazine rings is 1. The van der Waals surface area contributed by atoms with Gasteiger partial charge >= 0.3 is 0 Å². The summed E-state index contributed by atoms with van der Waals surface area (Å²) >= 11 is 0. The fourth-order valence-corrected chi connectivity index (χ4v) is 4.22. The number of nitrogens with one attached hydrogen (secondary N) is 2. The summed E-state index contributed by atoms with van der Waals surface area (Å²) < 4.78 is 5.62. The molecule has 1 atom stereocenters. The van der Waals surface area contributed by atoms with Gasteiger partial charge in [-0.15, -0.1) is 0 Å². The molecule has 3 aromatic heterocycles. The number of rotatable bonds is 7. The maximum atomic E-state index is 9.43. The van der Waals surface area contributed by atoms with Crippen molar-refractivity contribution in [1.82, 2.24) is 25.3 Å². The van der Waals surface area contributed by atoms with Crippen LogP contribution in [0.3, 0.4) is 0 Å². The molecule has 9 heteroatoms. The highest BCUT2D eigenvalue weighted by Gasteiger charge is 2.24. The monoisotopic (exact) mass is 457 g/mol. The van der Waals surface area contributed by atoms with Crippen molar-refractivity contribution in [2.45, 2.75) is 12.5 Å². The Bertz CT molecular complexity index is 1270. The standard InChI is InChI=1S/C25H27N7O2/c1-34-21-15-26-14-20-23(21)25(32-11-10-27-19(16-32)8-12-33)31-24(30-20)17-7-9-28-22(13-17)29-18-5-3-2-4-6-18/h2-7,9,13-15,19,27,33H,8,10-12,16H2,1H3,(H,28,29)/t19-/m0/s1. The number of hydrogen-bond acceptors (Lipinski definition) is 9. The van der Waals surface area contributed by atoms with Gasteiger partial charge in [0.1, 0.15) is 17.4 Å². The number of aliphatic hydroxyl groups is 1. The molecule has 0 bridgehead atoms. The van der Waals surface area contributed by atoms with Gasteiger partial charge in [-0.05, 0) is 30.7 Å². The second kappa shape index (κ2) is 9.98. The summed E-state index contributed by atoms with van der Waals surface area (Å²) in [6.45, 7) is 2.47. The van der Waals surface area contributed by atoms with Gasteiger partial charge in [-0.2, -0.15) is 0 Å². The van der Waals surface area contributed by atoms with E-state index in [-0.39, 0.29) is 12.6 Å². The van der Waals surface area contributed by atoms with Gasteiger partial charge in [0.05, 0.1) is 30.4 Å². The van der Waals surface area contributed by atoms with Gasteiger partial charge in [0, 0.05) is 49.7 Å². The average Bonchev–Trinajstić information content (AvgIpc) is 2.89. The van der Waals surface area contributed by atoms with Crippen molar-refractivity contribution in [2.24, 2.45) is 0 Å². The zero-order valence-corrected chi connectivity index (χ0v) is 19.0. The number of pyridine rings is 2. The van der Waals surface area contributed by atoms with Crippen molar-refractivity contribution in [3.63, 3.8) is 0 Å². The average molecular weight is 458 g/mol. The normalized spacial score (nSPS) is 15.9. The minimum absolute atomic E-state index is 0.142. The molecule has 9 nitrogen and oxygen atoms in total. The van der Waals surface area contributed by atoms with Gasteiger partial charge in [0.2, 0.25) is 0 Å². The number of ether oxygens (including phenoxy) is 1. The molecule has 1 aliphatic heterocycles. The quantitative estimate of drug-likeness (QED) is 0.386. The summed E-state index contributed by atoms with van der Waals surface area (Å²) in [6.07, 6.45) is 5.87. The third-order valence-corrected chi connectivity index (χ3v) is 5.87. The van der Waals surface area contributed by atoms with Gasteiger partial charge in [-0.3, -0.25) is 4.98 Å². The highest BCUT2D eigenvalue weighted by atomic mass is 16.5. The molecule has 174 valence electrons. The summed E-state index contributed by atoms with van der Waals surface area (Å²) in [5, 5.41) is 17.1. The Morgan fingerprint density at radius 2 is 2.06 bits per heavy atom. The Hall–Kier alpha value is -3.82. The van der Waals surface area contributed by atoms with Crippen LogP contribution in [-0.4, -0.2) is 64.4 Å². The van der Waals surface area contributed by atoms with Crippen molar-refractivity contribution in [1.29, 1.82) is 0 Å². The highest BCUT2D eigenvalue weighted by Crippen LogP contribution is 2.34. The van der Waals surface area contributed by atoms with Gasteiger partial charge in [0.15, 0.2) is 5.82 Å². The molecular weight excluding hydrogens is 430 g/mol. The van der Waals surface area contributed by atoms with E-state index in [0.29, 0.717) is 29.3 Å². The lowest BCUT2D eigenvalue weighted by atomic mass is 10.1. The van der Waals surface area contributed by atoms with Crippen LogP contribution < -0.4 is 20.3 Å². The molecule has 0 unspecified atom stereocenters. The Labute approximate surface area is 197 Å². The number of fused-ring (bicyclic) bond motifs is 1. The largest absolute Gasteiger partial charge is 0.494 e. The van der Waals surface area contributed by atoms with Crippen LogP contribution in [0.1, 0.15) is 6.42 Å². The fourth-order valence-electron chi connectivity index (χ4n) is 4.22. The fraction of sp³-hybridized carbons (Fsp3) is 0.280. The molecule has 1 saturated heterocycles. The lowest BCUT2D eigenvalue weighted by molar-refractivity contribution is 0.260. The molecule has 0 radical (unpaired) electrons. The van der Waals surface area contributed by atoms with Crippen molar-refractivity contribution >= 4 is 28.2 Å². The number of para-hydroxylation sites is 1. The van der Waals surface area contributed by atoms with E-state index in [2.05, 4.69) is 25.5 Å². The predicted octanol–water partition coefficient (Wildman–Crippen LogP) is 3.00. The van der Waals surface area contributed by atoms with Gasteiger partial charge in [-0.1, -0.05) is 18.2 Å². The topological polar surface area (TPSA) is 108 Å². The lowest BCUT2D eigenvalue weighted by Gasteiger charge is -2.35. The third kappa shape index (κ3) is 4.61. The maximum Gasteiger partial charge on any atom is 0.162 e. The van der Waals surface area contributed by atoms with Crippen LogP contribution in [0.2, 0.25) is 0 Å². The number of aromatic nitrogens is 4. The Balaban J connectivity index is 1.57. The van der Waals surface area contributed by atoms with Crippen molar-refractivity contribution in [3.8, 4) is 17.1 Å². The Morgan fingerprint density at radius 3 is 2.88 bits per heavy atom. The molecule has 1 aromatic carbocycles. The molecule has 4 aromatic rings. The number of hydrogen-bond donors (Lipinski definition) is 3. The van der Waals surface area contributed by atoms with E-state index < -0.39 is 0 Å². The van der Waals surface area contributed by atoms with Crippen molar-refractivity contribution < 1.29 is 9.84 Å². The Morgan fingerprint density at radius 1 is 1.18 bits per heavy atom. The first-order valence-electron chi connectivity index (χ1n) is 11.3. The Kier molecular flexibility index (Phi) is 6.46. The van der Waals surface area contributed by atoms with E-state index in [1.807, 2.05) is 42.5 Å². The first-order valence-corrected chi connectivity index (χ1v) is 11.3. The summed E-state index contributed by atoms with van der Waals surface area (Å²) in [6, 6.07) is 13.9. The van der Waals surface area contributed by atoms with Crippen LogP contribution in [0, 0.1) is 0 Å². The van der Waals surface area contributed by atoms with Crippen molar-refractivity contribution in [2.75, 3.05) is 43.6 Å². The molecule has 0 spiro atoms. The molecule has 1 fully saturated rings. The zero-order chi connectivity index (χ0) is 23.3. The van der Waals surface area contributed by atoms with E-state index >= 15 is 0 Å². The molecule has 34 heavy (non-hydrogen) atoms.